The fourth-order valence-electron chi connectivity index (χ4n) is 13.1. The molecule has 3 aromatic heterocycles. The van der Waals surface area contributed by atoms with Crippen molar-refractivity contribution < 1.29 is 28.8 Å². The van der Waals surface area contributed by atoms with Gasteiger partial charge in [0.2, 0.25) is 0 Å². The lowest BCUT2D eigenvalue weighted by Crippen LogP contribution is -2.25. The number of imide groups is 1. The Morgan fingerprint density at radius 3 is 1.16 bits per heavy atom. The van der Waals surface area contributed by atoms with Crippen LogP contribution in [0.4, 0.5) is 68.2 Å². The number of anilines is 8. The van der Waals surface area contributed by atoms with Gasteiger partial charge in [-0.05, 0) is 153 Å². The molecule has 0 unspecified atom stereocenters. The predicted octanol–water partition coefficient (Wildman–Crippen LogP) is 18.6. The molecular weight excluding hydrogens is 1360 g/mol. The van der Waals surface area contributed by atoms with E-state index in [1.54, 1.807) is 67.5 Å². The molecule has 0 bridgehead atoms. The van der Waals surface area contributed by atoms with Gasteiger partial charge in [0.1, 0.15) is 28.0 Å². The first-order chi connectivity index (χ1) is 51.8. The first-order valence-corrected chi connectivity index (χ1v) is 34.8. The van der Waals surface area contributed by atoms with Gasteiger partial charge in [-0.15, -0.1) is 11.3 Å². The summed E-state index contributed by atoms with van der Waals surface area (Å²) in [5.74, 6) is -1.30. The van der Waals surface area contributed by atoms with Crippen LogP contribution in [0, 0.1) is 6.92 Å². The number of rotatable bonds is 8. The third-order valence-corrected chi connectivity index (χ3v) is 19.2. The third-order valence-electron chi connectivity index (χ3n) is 18.0. The quantitative estimate of drug-likeness (QED) is 0.114. The summed E-state index contributed by atoms with van der Waals surface area (Å²) in [6, 6.07) is 90.9. The topological polar surface area (TPSA) is 210 Å². The normalized spacial score (nSPS) is 15.4. The van der Waals surface area contributed by atoms with Crippen LogP contribution in [0.15, 0.2) is 324 Å². The van der Waals surface area contributed by atoms with Crippen molar-refractivity contribution in [2.45, 2.75) is 6.92 Å². The lowest BCUT2D eigenvalue weighted by molar-refractivity contribution is -0.112. The largest absolute Gasteiger partial charge is 0.361 e. The Hall–Kier alpha value is -14.0. The number of hydrogen-bond donors (Lipinski definition) is 1. The maximum atomic E-state index is 13.2. The molecule has 0 aliphatic carbocycles. The minimum atomic E-state index is -0.365. The van der Waals surface area contributed by atoms with Gasteiger partial charge in [-0.3, -0.25) is 53.3 Å². The SMILES string of the molecule is CN1C(=O)c2ccc(N=C3C(=O)N(c4ccccc4)c4ccccc43)cc2C1=O.Cc1nc2ccc(N=C3C(=O)N(c4ccccc4)c4ccccc43)cc2s1.O=C1C(=Nc2ccc(Cl)nc2)c2ccccc2N1c1ccccc1.O=C1C(=Nc2ccc3[nH]ccc3c2)c2ccccc2N1c1ccccc1. The Kier molecular flexibility index (Phi) is 17.8. The average Bonchev–Trinajstić information content (AvgIpc) is 1.60. The second-order valence-corrected chi connectivity index (χ2v) is 26.3. The molecule has 20 heteroatoms. The van der Waals surface area contributed by atoms with Crippen LogP contribution < -0.4 is 19.6 Å². The minimum Gasteiger partial charge on any atom is -0.361 e. The highest BCUT2D eigenvalue weighted by molar-refractivity contribution is 7.18. The second-order valence-electron chi connectivity index (χ2n) is 24.7. The predicted molar refractivity (Wildman–Crippen MR) is 420 cm³/mol. The maximum Gasteiger partial charge on any atom is 0.282 e. The highest BCUT2D eigenvalue weighted by atomic mass is 35.5. The number of nitrogens with zero attached hydrogens (tertiary/aromatic N) is 11. The van der Waals surface area contributed by atoms with E-state index in [1.807, 2.05) is 274 Å². The molecule has 1 N–H and O–H groups in total. The summed E-state index contributed by atoms with van der Waals surface area (Å²) in [7, 11) is 1.45. The Morgan fingerprint density at radius 1 is 0.358 bits per heavy atom. The number of amides is 6. The molecule has 6 amide bonds. The van der Waals surface area contributed by atoms with Crippen molar-refractivity contribution in [1.82, 2.24) is 19.9 Å². The molecule has 18 nitrogen and oxygen atoms in total. The molecule has 19 rings (SSSR count). The van der Waals surface area contributed by atoms with Crippen LogP contribution in [0.2, 0.25) is 5.15 Å². The number of H-pyrrole nitrogens is 1. The lowest BCUT2D eigenvalue weighted by Gasteiger charge is -2.16. The van der Waals surface area contributed by atoms with E-state index in [9.17, 15) is 28.8 Å². The molecule has 0 fully saturated rings. The molecule has 0 atom stereocenters. The zero-order chi connectivity index (χ0) is 72.5. The van der Waals surface area contributed by atoms with E-state index >= 15 is 0 Å². The number of fused-ring (bicyclic) bond motifs is 7. The zero-order valence-electron chi connectivity index (χ0n) is 56.5. The van der Waals surface area contributed by atoms with Crippen molar-refractivity contribution in [2.75, 3.05) is 26.6 Å². The Morgan fingerprint density at radius 2 is 0.726 bits per heavy atom. The van der Waals surface area contributed by atoms with E-state index in [2.05, 4.69) is 24.9 Å². The lowest BCUT2D eigenvalue weighted by atomic mass is 10.1. The van der Waals surface area contributed by atoms with Gasteiger partial charge in [-0.25, -0.2) is 29.9 Å². The van der Waals surface area contributed by atoms with Gasteiger partial charge in [0.25, 0.3) is 35.4 Å². The second kappa shape index (κ2) is 28.4. The standard InChI is InChI=1S/C23H15N3O3.C22H15N3OS.C22H15N3O.C19H12ClN3O/c1-25-21(27)16-12-11-14(13-18(16)22(25)28)24-20-17-9-5-6-10-19(17)26(23(20)29)15-7-3-2-4-8-15;1-14-23-18-12-11-15(13-20(18)27-14)24-21-17-9-5-6-10-19(17)25(22(21)26)16-7-3-2-4-8-16;26-22-21(24-16-10-11-19-15(14-16)12-13-23-19)18-8-4-5-9-20(18)25(22)17-6-2-1-3-7-17;20-17-11-10-13(12-21-17)22-18-15-8-4-5-9-16(15)23(19(18)24)14-6-2-1-3-7-14/h2-13H,1H3;2-13H,1H3;1-14,23H;1-12H. The number of thiazole rings is 1. The molecule has 106 heavy (non-hydrogen) atoms. The number of carbonyl (C=O) groups is 6. The Balaban J connectivity index is 0.000000109. The summed E-state index contributed by atoms with van der Waals surface area (Å²) in [5.41, 5.74) is 16.7. The number of aryl methyl sites for hydroxylation is 1. The van der Waals surface area contributed by atoms with Crippen molar-refractivity contribution in [3.8, 4) is 0 Å². The van der Waals surface area contributed by atoms with Gasteiger partial charge in [0.15, 0.2) is 0 Å². The van der Waals surface area contributed by atoms with Gasteiger partial charge in [-0.1, -0.05) is 157 Å². The van der Waals surface area contributed by atoms with Gasteiger partial charge in [-0.2, -0.15) is 0 Å². The van der Waals surface area contributed by atoms with E-state index in [0.29, 0.717) is 50.5 Å². The van der Waals surface area contributed by atoms with Gasteiger partial charge < -0.3 is 4.98 Å². The van der Waals surface area contributed by atoms with Crippen molar-refractivity contribution >= 4 is 171 Å². The number of pyridine rings is 1. The Bertz CT molecular complexity index is 6000. The van der Waals surface area contributed by atoms with Gasteiger partial charge >= 0.3 is 0 Å². The molecule has 8 heterocycles. The van der Waals surface area contributed by atoms with Crippen LogP contribution in [-0.2, 0) is 19.2 Å². The summed E-state index contributed by atoms with van der Waals surface area (Å²) in [5, 5.41) is 2.49. The number of aromatic nitrogens is 3. The number of benzene rings is 11. The van der Waals surface area contributed by atoms with Crippen molar-refractivity contribution in [3.05, 3.63) is 347 Å². The summed E-state index contributed by atoms with van der Waals surface area (Å²) in [6.07, 6.45) is 3.45. The van der Waals surface area contributed by atoms with Crippen LogP contribution in [0.25, 0.3) is 21.1 Å². The fourth-order valence-corrected chi connectivity index (χ4v) is 14.1. The van der Waals surface area contributed by atoms with Crippen LogP contribution in [0.3, 0.4) is 0 Å². The van der Waals surface area contributed by atoms with Gasteiger partial charge in [0, 0.05) is 69.2 Å². The molecule has 5 aliphatic rings. The Labute approximate surface area is 616 Å². The van der Waals surface area contributed by atoms with E-state index in [4.69, 9.17) is 21.6 Å². The molecular formula is C86H57ClN12O6S. The maximum absolute atomic E-state index is 13.2. The van der Waals surface area contributed by atoms with Crippen LogP contribution in [0.1, 0.15) is 48.0 Å². The minimum absolute atomic E-state index is 0.105. The van der Waals surface area contributed by atoms with Crippen molar-refractivity contribution in [3.63, 3.8) is 0 Å². The van der Waals surface area contributed by atoms with Crippen molar-refractivity contribution in [2.24, 2.45) is 20.0 Å². The monoisotopic (exact) mass is 1420 g/mol. The first kappa shape index (κ1) is 66.5. The number of nitrogens with one attached hydrogen (secondary N) is 1. The number of aromatic amines is 1. The molecule has 0 saturated carbocycles. The number of aliphatic imine (C=N–C) groups is 4. The molecule has 14 aromatic rings. The van der Waals surface area contributed by atoms with E-state index in [1.165, 1.54) is 7.05 Å². The summed E-state index contributed by atoms with van der Waals surface area (Å²) in [4.78, 5) is 115. The number of hydrogen-bond acceptors (Lipinski definition) is 13. The number of carbonyl (C=O) groups excluding carboxylic acids is 6. The number of para-hydroxylation sites is 8. The number of halogens is 1. The van der Waals surface area contributed by atoms with E-state index in [0.717, 1.165) is 110 Å². The summed E-state index contributed by atoms with van der Waals surface area (Å²) < 4.78 is 1.08. The van der Waals surface area contributed by atoms with Gasteiger partial charge in [0.05, 0.1) is 78.0 Å². The smallest absolute Gasteiger partial charge is 0.282 e. The van der Waals surface area contributed by atoms with Crippen LogP contribution in [0.5, 0.6) is 0 Å². The first-order valence-electron chi connectivity index (χ1n) is 33.6. The van der Waals surface area contributed by atoms with E-state index in [-0.39, 0.29) is 35.4 Å². The molecule has 0 radical (unpaired) electrons. The van der Waals surface area contributed by atoms with E-state index < -0.39 is 0 Å². The van der Waals surface area contributed by atoms with Crippen molar-refractivity contribution in [1.29, 1.82) is 0 Å². The molecule has 5 aliphatic heterocycles. The average molecular weight is 1420 g/mol. The molecule has 11 aromatic carbocycles. The van der Waals surface area contributed by atoms with Crippen LogP contribution in [-0.4, -0.2) is 85.2 Å². The summed E-state index contributed by atoms with van der Waals surface area (Å²) in [6.45, 7) is 1.99. The summed E-state index contributed by atoms with van der Waals surface area (Å²) >= 11 is 7.44. The van der Waals surface area contributed by atoms with Crippen LogP contribution >= 0.6 is 22.9 Å². The fraction of sp³-hybridized carbons (Fsp3) is 0.0233. The third kappa shape index (κ3) is 12.7. The highest BCUT2D eigenvalue weighted by Gasteiger charge is 2.39. The zero-order valence-corrected chi connectivity index (χ0v) is 58.1. The molecule has 0 saturated heterocycles. The molecule has 0 spiro atoms. The highest BCUT2D eigenvalue weighted by Crippen LogP contribution is 2.42. The molecule has 510 valence electrons.